The SMILES string of the molecule is CN(C)c1ccc(/C=N/c2cc(C#N)nn2-c2c(Cl)cc(C(F)(F)F)cc2Cl)cc1. The number of hydrogen-bond acceptors (Lipinski definition) is 4. The molecule has 1 aromatic heterocycles. The summed E-state index contributed by atoms with van der Waals surface area (Å²) in [5.41, 5.74) is 0.809. The zero-order valence-corrected chi connectivity index (χ0v) is 17.3. The van der Waals surface area contributed by atoms with Crippen LogP contribution >= 0.6 is 23.2 Å². The average molecular weight is 452 g/mol. The average Bonchev–Trinajstić information content (AvgIpc) is 3.08. The van der Waals surface area contributed by atoms with Crippen LogP contribution < -0.4 is 4.90 Å². The standard InChI is InChI=1S/C20H14Cl2F3N5/c1-29(2)15-5-3-12(4-6-15)11-27-18-9-14(10-26)28-30(18)19-16(21)7-13(8-17(19)22)20(23,24)25/h3-9,11H,1-2H3/b27-11+. The van der Waals surface area contributed by atoms with Gasteiger partial charge in [-0.2, -0.15) is 23.5 Å². The Morgan fingerprint density at radius 1 is 1.10 bits per heavy atom. The summed E-state index contributed by atoms with van der Waals surface area (Å²) in [5, 5.41) is 12.7. The highest BCUT2D eigenvalue weighted by atomic mass is 35.5. The summed E-state index contributed by atoms with van der Waals surface area (Å²) in [6.07, 6.45) is -3.06. The molecule has 30 heavy (non-hydrogen) atoms. The quantitative estimate of drug-likeness (QED) is 0.464. The molecule has 0 saturated carbocycles. The summed E-state index contributed by atoms with van der Waals surface area (Å²) >= 11 is 12.2. The summed E-state index contributed by atoms with van der Waals surface area (Å²) in [5.74, 6) is 0.187. The summed E-state index contributed by atoms with van der Waals surface area (Å²) in [6, 6.07) is 12.3. The molecule has 3 rings (SSSR count). The predicted octanol–water partition coefficient (Wildman–Crippen LogP) is 5.89. The van der Waals surface area contributed by atoms with Gasteiger partial charge in [-0.25, -0.2) is 9.67 Å². The molecular formula is C20H14Cl2F3N5. The lowest BCUT2D eigenvalue weighted by Gasteiger charge is -2.13. The number of benzene rings is 2. The van der Waals surface area contributed by atoms with Gasteiger partial charge in [0.05, 0.1) is 15.6 Å². The molecule has 0 fully saturated rings. The van der Waals surface area contributed by atoms with Gasteiger partial charge in [-0.3, -0.25) is 0 Å². The first kappa shape index (κ1) is 21.7. The largest absolute Gasteiger partial charge is 0.416 e. The maximum absolute atomic E-state index is 13.0. The Hall–Kier alpha value is -3.02. The van der Waals surface area contributed by atoms with Crippen LogP contribution in [0.5, 0.6) is 0 Å². The Morgan fingerprint density at radius 3 is 2.20 bits per heavy atom. The first-order valence-corrected chi connectivity index (χ1v) is 9.24. The van der Waals surface area contributed by atoms with Crippen molar-refractivity contribution in [3.63, 3.8) is 0 Å². The van der Waals surface area contributed by atoms with E-state index in [1.54, 1.807) is 6.21 Å². The van der Waals surface area contributed by atoms with Crippen LogP contribution in [-0.2, 0) is 6.18 Å². The van der Waals surface area contributed by atoms with E-state index in [0.717, 1.165) is 28.1 Å². The molecular weight excluding hydrogens is 438 g/mol. The lowest BCUT2D eigenvalue weighted by molar-refractivity contribution is -0.137. The third-order valence-electron chi connectivity index (χ3n) is 4.12. The minimum atomic E-state index is -4.60. The highest BCUT2D eigenvalue weighted by molar-refractivity contribution is 6.38. The number of alkyl halides is 3. The van der Waals surface area contributed by atoms with Crippen molar-refractivity contribution in [2.24, 2.45) is 4.99 Å². The van der Waals surface area contributed by atoms with E-state index in [1.807, 2.05) is 49.3 Å². The van der Waals surface area contributed by atoms with Gasteiger partial charge in [-0.15, -0.1) is 0 Å². The van der Waals surface area contributed by atoms with Crippen molar-refractivity contribution in [3.05, 3.63) is 69.3 Å². The van der Waals surface area contributed by atoms with E-state index in [1.165, 1.54) is 6.07 Å². The van der Waals surface area contributed by atoms with Gasteiger partial charge < -0.3 is 4.90 Å². The highest BCUT2D eigenvalue weighted by Gasteiger charge is 2.32. The number of rotatable bonds is 4. The third-order valence-corrected chi connectivity index (χ3v) is 4.69. The van der Waals surface area contributed by atoms with Gasteiger partial charge in [0.1, 0.15) is 11.8 Å². The molecule has 0 N–H and O–H groups in total. The topological polar surface area (TPSA) is 57.2 Å². The predicted molar refractivity (Wildman–Crippen MR) is 111 cm³/mol. The molecule has 154 valence electrons. The second-order valence-electron chi connectivity index (χ2n) is 6.44. The third kappa shape index (κ3) is 4.58. The molecule has 0 aliphatic rings. The van der Waals surface area contributed by atoms with Crippen molar-refractivity contribution in [3.8, 4) is 11.8 Å². The Labute approximate surface area is 180 Å². The molecule has 1 heterocycles. The molecule has 0 radical (unpaired) electrons. The van der Waals surface area contributed by atoms with Gasteiger partial charge in [0.2, 0.25) is 0 Å². The van der Waals surface area contributed by atoms with Crippen LogP contribution in [0.25, 0.3) is 5.69 Å². The number of anilines is 1. The number of hydrogen-bond donors (Lipinski definition) is 0. The zero-order chi connectivity index (χ0) is 22.1. The lowest BCUT2D eigenvalue weighted by atomic mass is 10.2. The second-order valence-corrected chi connectivity index (χ2v) is 7.26. The molecule has 0 aliphatic heterocycles. The van der Waals surface area contributed by atoms with E-state index in [9.17, 15) is 18.4 Å². The van der Waals surface area contributed by atoms with E-state index >= 15 is 0 Å². The van der Waals surface area contributed by atoms with Crippen molar-refractivity contribution in [1.82, 2.24) is 9.78 Å². The first-order chi connectivity index (χ1) is 14.1. The van der Waals surface area contributed by atoms with Gasteiger partial charge >= 0.3 is 6.18 Å². The van der Waals surface area contributed by atoms with Crippen LogP contribution in [0.2, 0.25) is 10.0 Å². The monoisotopic (exact) mass is 451 g/mol. The van der Waals surface area contributed by atoms with E-state index in [4.69, 9.17) is 23.2 Å². The molecule has 3 aromatic rings. The number of halogens is 5. The van der Waals surface area contributed by atoms with E-state index in [-0.39, 0.29) is 27.2 Å². The normalized spacial score (nSPS) is 11.7. The fraction of sp³-hybridized carbons (Fsp3) is 0.150. The summed E-state index contributed by atoms with van der Waals surface area (Å²) in [6.45, 7) is 0. The summed E-state index contributed by atoms with van der Waals surface area (Å²) in [7, 11) is 3.84. The maximum Gasteiger partial charge on any atom is 0.416 e. The van der Waals surface area contributed by atoms with Gasteiger partial charge in [-0.1, -0.05) is 35.3 Å². The fourth-order valence-corrected chi connectivity index (χ4v) is 3.26. The number of nitriles is 1. The molecule has 5 nitrogen and oxygen atoms in total. The molecule has 2 aromatic carbocycles. The van der Waals surface area contributed by atoms with E-state index in [2.05, 4.69) is 10.1 Å². The first-order valence-electron chi connectivity index (χ1n) is 8.48. The molecule has 0 spiro atoms. The number of aromatic nitrogens is 2. The van der Waals surface area contributed by atoms with Gasteiger partial charge in [0.25, 0.3) is 0 Å². The summed E-state index contributed by atoms with van der Waals surface area (Å²) in [4.78, 5) is 6.27. The van der Waals surface area contributed by atoms with Crippen molar-refractivity contribution in [2.45, 2.75) is 6.18 Å². The Balaban J connectivity index is 2.04. The molecule has 10 heteroatoms. The molecule has 0 aliphatic carbocycles. The minimum absolute atomic E-state index is 0.00272. The molecule has 0 unspecified atom stereocenters. The Kier molecular flexibility index (Phi) is 6.06. The van der Waals surface area contributed by atoms with E-state index in [0.29, 0.717) is 0 Å². The van der Waals surface area contributed by atoms with Gasteiger partial charge in [0.15, 0.2) is 11.5 Å². The van der Waals surface area contributed by atoms with Crippen LogP contribution in [0.1, 0.15) is 16.8 Å². The van der Waals surface area contributed by atoms with E-state index < -0.39 is 11.7 Å². The highest BCUT2D eigenvalue weighted by Crippen LogP contribution is 2.38. The molecule has 0 saturated heterocycles. The fourth-order valence-electron chi connectivity index (χ4n) is 2.61. The van der Waals surface area contributed by atoms with Gasteiger partial charge in [-0.05, 0) is 29.8 Å². The van der Waals surface area contributed by atoms with Crippen molar-refractivity contribution < 1.29 is 13.2 Å². The number of aliphatic imine (C=N–C) groups is 1. The summed E-state index contributed by atoms with van der Waals surface area (Å²) < 4.78 is 40.1. The smallest absolute Gasteiger partial charge is 0.378 e. The van der Waals surface area contributed by atoms with Crippen LogP contribution in [0, 0.1) is 11.3 Å². The van der Waals surface area contributed by atoms with Crippen LogP contribution in [-0.4, -0.2) is 30.1 Å². The lowest BCUT2D eigenvalue weighted by Crippen LogP contribution is -2.08. The Bertz CT molecular complexity index is 1120. The van der Waals surface area contributed by atoms with Crippen molar-refractivity contribution in [1.29, 1.82) is 5.26 Å². The molecule has 0 bridgehead atoms. The molecule has 0 atom stereocenters. The zero-order valence-electron chi connectivity index (χ0n) is 15.7. The van der Waals surface area contributed by atoms with Crippen molar-refractivity contribution in [2.75, 3.05) is 19.0 Å². The van der Waals surface area contributed by atoms with Gasteiger partial charge in [0, 0.05) is 32.1 Å². The minimum Gasteiger partial charge on any atom is -0.378 e. The van der Waals surface area contributed by atoms with Crippen LogP contribution in [0.3, 0.4) is 0 Å². The second kappa shape index (κ2) is 8.38. The van der Waals surface area contributed by atoms with Crippen molar-refractivity contribution >= 4 is 40.9 Å². The van der Waals surface area contributed by atoms with Crippen LogP contribution in [0.4, 0.5) is 24.7 Å². The molecule has 0 amide bonds. The maximum atomic E-state index is 13.0. The number of nitrogens with zero attached hydrogens (tertiary/aromatic N) is 5. The Morgan fingerprint density at radius 2 is 1.70 bits per heavy atom. The van der Waals surface area contributed by atoms with Crippen LogP contribution in [0.15, 0.2) is 47.5 Å².